The number of carbonyl (C=O) groups excluding carboxylic acids is 2. The summed E-state index contributed by atoms with van der Waals surface area (Å²) in [5, 5.41) is 55.1. The third kappa shape index (κ3) is 16.0. The summed E-state index contributed by atoms with van der Waals surface area (Å²) in [6.45, 7) is 11.7. The van der Waals surface area contributed by atoms with Crippen molar-refractivity contribution in [3.8, 4) is 5.75 Å². The van der Waals surface area contributed by atoms with Crippen molar-refractivity contribution in [2.24, 2.45) is 15.6 Å². The van der Waals surface area contributed by atoms with Crippen LogP contribution in [-0.2, 0) is 39.3 Å². The van der Waals surface area contributed by atoms with Gasteiger partial charge in [0, 0.05) is 23.1 Å². The minimum Gasteiger partial charge on any atom is -0.506 e. The zero-order chi connectivity index (χ0) is 41.0. The topological polar surface area (TPSA) is 268 Å². The van der Waals surface area contributed by atoms with E-state index in [1.165, 1.54) is 6.07 Å². The molecular weight excluding hydrogens is 743 g/mol. The fourth-order valence-electron chi connectivity index (χ4n) is 5.30. The van der Waals surface area contributed by atoms with Crippen LogP contribution < -0.4 is 10.6 Å². The van der Waals surface area contributed by atoms with Gasteiger partial charge in [0.2, 0.25) is 0 Å². The molecule has 4 unspecified atom stereocenters. The molecule has 8 N–H and O–H groups in total. The number of ether oxygens (including phenoxy) is 4. The number of aromatic hydroxyl groups is 1. The first kappa shape index (κ1) is 46.2. The Balaban J connectivity index is 1.36. The lowest BCUT2D eigenvalue weighted by Gasteiger charge is -2.40. The van der Waals surface area contributed by atoms with Crippen LogP contribution in [0.3, 0.4) is 0 Å². The van der Waals surface area contributed by atoms with Gasteiger partial charge in [-0.3, -0.25) is 14.1 Å². The molecule has 0 saturated carbocycles. The summed E-state index contributed by atoms with van der Waals surface area (Å²) in [7, 11) is -4.85. The molecular formula is C36H55N4O14P. The quantitative estimate of drug-likeness (QED) is 0.0543. The molecule has 1 fully saturated rings. The fourth-order valence-corrected chi connectivity index (χ4v) is 5.65. The van der Waals surface area contributed by atoms with E-state index in [9.17, 15) is 34.6 Å². The van der Waals surface area contributed by atoms with E-state index in [1.807, 2.05) is 41.5 Å². The van der Waals surface area contributed by atoms with E-state index in [0.29, 0.717) is 17.7 Å². The SMILES string of the molecule is CC(C)(C)NC(Cc1ccc(O)c(N=Nc2ccc(C(=O)NCCOCCOCCO[C@H]3OC(COP(=O)(O)O)[C@@H](O)C(O)C3O)cc2)c1)C(=O)C(C)(C)C. The molecule has 2 aromatic rings. The van der Waals surface area contributed by atoms with E-state index in [1.54, 1.807) is 36.4 Å². The Morgan fingerprint density at radius 3 is 2.13 bits per heavy atom. The minimum atomic E-state index is -4.85. The number of benzene rings is 2. The summed E-state index contributed by atoms with van der Waals surface area (Å²) in [4.78, 5) is 43.5. The molecule has 55 heavy (non-hydrogen) atoms. The number of azo groups is 1. The number of aliphatic hydroxyl groups excluding tert-OH is 3. The summed E-state index contributed by atoms with van der Waals surface area (Å²) in [6.07, 6.45) is -7.34. The van der Waals surface area contributed by atoms with Crippen molar-refractivity contribution in [3.63, 3.8) is 0 Å². The molecule has 3 rings (SSSR count). The molecule has 0 aliphatic carbocycles. The fraction of sp³-hybridized carbons (Fsp3) is 0.611. The number of carbonyl (C=O) groups is 2. The molecule has 19 heteroatoms. The lowest BCUT2D eigenvalue weighted by molar-refractivity contribution is -0.301. The molecule has 1 amide bonds. The molecule has 0 spiro atoms. The van der Waals surface area contributed by atoms with Crippen molar-refractivity contribution in [1.82, 2.24) is 10.6 Å². The Morgan fingerprint density at radius 2 is 1.51 bits per heavy atom. The third-order valence-corrected chi connectivity index (χ3v) is 8.52. The smallest absolute Gasteiger partial charge is 0.469 e. The second kappa shape index (κ2) is 20.8. The van der Waals surface area contributed by atoms with E-state index >= 15 is 0 Å². The molecule has 2 aromatic carbocycles. The maximum Gasteiger partial charge on any atom is 0.469 e. The van der Waals surface area contributed by atoms with Crippen molar-refractivity contribution in [1.29, 1.82) is 0 Å². The van der Waals surface area contributed by atoms with Crippen LogP contribution in [0.25, 0.3) is 0 Å². The number of phosphoric acid groups is 1. The van der Waals surface area contributed by atoms with Crippen LogP contribution in [0.15, 0.2) is 52.7 Å². The molecule has 1 saturated heterocycles. The van der Waals surface area contributed by atoms with Gasteiger partial charge >= 0.3 is 7.82 Å². The second-order valence-electron chi connectivity index (χ2n) is 15.0. The Morgan fingerprint density at radius 1 is 0.873 bits per heavy atom. The summed E-state index contributed by atoms with van der Waals surface area (Å²) in [5.74, 6) is -0.305. The van der Waals surface area contributed by atoms with Gasteiger partial charge in [0.05, 0.1) is 51.4 Å². The number of phenolic OH excluding ortho intramolecular Hbond substituents is 1. The van der Waals surface area contributed by atoms with Crippen LogP contribution in [0.5, 0.6) is 5.75 Å². The number of nitrogens with zero attached hydrogens (tertiary/aromatic N) is 2. The molecule has 0 bridgehead atoms. The number of Topliss-reactive ketones (excluding diaryl/α,β-unsaturated/α-hetero) is 1. The molecule has 1 aliphatic heterocycles. The van der Waals surface area contributed by atoms with Crippen LogP contribution in [0.2, 0.25) is 0 Å². The highest BCUT2D eigenvalue weighted by molar-refractivity contribution is 7.46. The average Bonchev–Trinajstić information content (AvgIpc) is 3.10. The van der Waals surface area contributed by atoms with Crippen LogP contribution in [0.4, 0.5) is 11.4 Å². The van der Waals surface area contributed by atoms with Crippen molar-refractivity contribution >= 4 is 30.9 Å². The largest absolute Gasteiger partial charge is 0.506 e. The van der Waals surface area contributed by atoms with E-state index in [-0.39, 0.29) is 68.2 Å². The Kier molecular flexibility index (Phi) is 17.4. The second-order valence-corrected chi connectivity index (χ2v) is 16.2. The van der Waals surface area contributed by atoms with Gasteiger partial charge in [0.1, 0.15) is 35.9 Å². The molecule has 18 nitrogen and oxygen atoms in total. The highest BCUT2D eigenvalue weighted by Crippen LogP contribution is 2.37. The number of nitrogens with one attached hydrogen (secondary N) is 2. The zero-order valence-electron chi connectivity index (χ0n) is 32.0. The molecule has 308 valence electrons. The van der Waals surface area contributed by atoms with E-state index in [4.69, 9.17) is 28.7 Å². The summed E-state index contributed by atoms with van der Waals surface area (Å²) in [5.41, 5.74) is 1.08. The number of phosphoric ester groups is 1. The minimum absolute atomic E-state index is 0.0493. The summed E-state index contributed by atoms with van der Waals surface area (Å²) >= 11 is 0. The maximum absolute atomic E-state index is 13.2. The van der Waals surface area contributed by atoms with Crippen molar-refractivity contribution in [2.45, 2.75) is 90.2 Å². The van der Waals surface area contributed by atoms with Crippen LogP contribution in [0.1, 0.15) is 57.5 Å². The predicted octanol–water partition coefficient (Wildman–Crippen LogP) is 2.42. The number of phenols is 1. The molecule has 0 aromatic heterocycles. The summed E-state index contributed by atoms with van der Waals surface area (Å²) < 4.78 is 36.7. The Bertz CT molecular complexity index is 1610. The first-order chi connectivity index (χ1) is 25.6. The van der Waals surface area contributed by atoms with Crippen molar-refractivity contribution in [3.05, 3.63) is 53.6 Å². The van der Waals surface area contributed by atoms with E-state index in [0.717, 1.165) is 5.56 Å². The van der Waals surface area contributed by atoms with Crippen molar-refractivity contribution in [2.75, 3.05) is 46.2 Å². The van der Waals surface area contributed by atoms with Gasteiger partial charge in [-0.05, 0) is 69.2 Å². The number of aliphatic hydroxyl groups is 3. The Labute approximate surface area is 320 Å². The molecule has 1 aliphatic rings. The highest BCUT2D eigenvalue weighted by Gasteiger charge is 2.45. The number of rotatable bonds is 20. The van der Waals surface area contributed by atoms with Gasteiger partial charge in [0.15, 0.2) is 12.1 Å². The van der Waals surface area contributed by atoms with Crippen molar-refractivity contribution < 1.29 is 67.8 Å². The van der Waals surface area contributed by atoms with Gasteiger partial charge in [-0.15, -0.1) is 5.11 Å². The molecule has 6 atom stereocenters. The van der Waals surface area contributed by atoms with E-state index in [2.05, 4.69) is 25.4 Å². The monoisotopic (exact) mass is 798 g/mol. The number of ketones is 1. The normalized spacial score (nSPS) is 21.5. The Hall–Kier alpha value is -3.23. The summed E-state index contributed by atoms with van der Waals surface area (Å²) in [6, 6.07) is 11.0. The third-order valence-electron chi connectivity index (χ3n) is 8.03. The maximum atomic E-state index is 13.2. The average molecular weight is 799 g/mol. The molecule has 1 heterocycles. The van der Waals surface area contributed by atoms with Crippen LogP contribution in [-0.4, -0.2) is 130 Å². The van der Waals surface area contributed by atoms with Gasteiger partial charge in [-0.2, -0.15) is 5.11 Å². The van der Waals surface area contributed by atoms with Gasteiger partial charge in [-0.1, -0.05) is 26.8 Å². The number of hydrogen-bond acceptors (Lipinski definition) is 15. The standard InChI is InChI=1S/C36H55N4O14P/c1-35(2,3)32(45)26(38-36(4,5)6)20-22-7-12-27(41)25(19-22)40-39-24-10-8-23(9-11-24)33(46)37-13-14-50-15-16-51-17-18-52-34-31(44)30(43)29(42)28(54-34)21-53-55(47,48)49/h7-12,19,26,28-31,34,38,41-44H,13-18,20-21H2,1-6H3,(H,37,46)(H2,47,48,49)/t26?,28?,29-,30?,31?,34+/m1/s1. The van der Waals surface area contributed by atoms with Gasteiger partial charge in [-0.25, -0.2) is 4.57 Å². The van der Waals surface area contributed by atoms with Gasteiger partial charge < -0.3 is 59.8 Å². The first-order valence-corrected chi connectivity index (χ1v) is 19.3. The predicted molar refractivity (Wildman–Crippen MR) is 198 cm³/mol. The number of amides is 1. The number of hydrogen-bond donors (Lipinski definition) is 8. The van der Waals surface area contributed by atoms with Gasteiger partial charge in [0.25, 0.3) is 5.91 Å². The first-order valence-electron chi connectivity index (χ1n) is 17.8. The van der Waals surface area contributed by atoms with Crippen LogP contribution in [0, 0.1) is 5.41 Å². The lowest BCUT2D eigenvalue weighted by atomic mass is 9.83. The zero-order valence-corrected chi connectivity index (χ0v) is 32.8. The highest BCUT2D eigenvalue weighted by atomic mass is 31.2. The lowest BCUT2D eigenvalue weighted by Crippen LogP contribution is -2.59. The van der Waals surface area contributed by atoms with E-state index < -0.39 is 56.6 Å². The molecule has 0 radical (unpaired) electrons. The van der Waals surface area contributed by atoms with Crippen LogP contribution >= 0.6 is 7.82 Å².